The molecule has 0 aromatic carbocycles. The van der Waals surface area contributed by atoms with Crippen LogP contribution in [0.2, 0.25) is 0 Å². The average molecular weight is 252 g/mol. The van der Waals surface area contributed by atoms with Gasteiger partial charge in [0.1, 0.15) is 11.6 Å². The van der Waals surface area contributed by atoms with Crippen LogP contribution >= 0.6 is 0 Å². The van der Waals surface area contributed by atoms with Crippen LogP contribution in [0.25, 0.3) is 0 Å². The normalized spacial score (nSPS) is 18.1. The van der Waals surface area contributed by atoms with Gasteiger partial charge < -0.3 is 9.47 Å². The van der Waals surface area contributed by atoms with Crippen molar-refractivity contribution in [3.63, 3.8) is 0 Å². The molecule has 0 spiro atoms. The summed E-state index contributed by atoms with van der Waals surface area (Å²) in [5.74, 6) is -2.37. The Bertz CT molecular complexity index is 520. The zero-order valence-corrected chi connectivity index (χ0v) is 10.0. The van der Waals surface area contributed by atoms with Crippen LogP contribution in [0.15, 0.2) is 6.07 Å². The number of fused-ring (bicyclic) bond motifs is 1. The minimum Gasteiger partial charge on any atom is -0.468 e. The van der Waals surface area contributed by atoms with Crippen molar-refractivity contribution in [2.24, 2.45) is 5.92 Å². The number of rotatable bonds is 2. The minimum atomic E-state index is -0.815. The number of nitrogens with zero attached hydrogens (tertiary/aromatic N) is 2. The topological polar surface area (TPSA) is 87.5 Å². The fourth-order valence-electron chi connectivity index (χ4n) is 1.92. The lowest BCUT2D eigenvalue weighted by molar-refractivity contribution is -0.144. The van der Waals surface area contributed by atoms with Gasteiger partial charge in [-0.2, -0.15) is 5.10 Å². The van der Waals surface area contributed by atoms with Crippen molar-refractivity contribution < 1.29 is 23.9 Å². The Morgan fingerprint density at radius 1 is 1.39 bits per heavy atom. The first-order valence-corrected chi connectivity index (χ1v) is 5.36. The van der Waals surface area contributed by atoms with E-state index in [0.29, 0.717) is 13.0 Å². The molecule has 18 heavy (non-hydrogen) atoms. The van der Waals surface area contributed by atoms with E-state index in [9.17, 15) is 14.4 Å². The minimum absolute atomic E-state index is 0.0614. The van der Waals surface area contributed by atoms with Crippen LogP contribution < -0.4 is 0 Å². The molecular weight excluding hydrogens is 240 g/mol. The lowest BCUT2D eigenvalue weighted by atomic mass is 9.95. The number of carbonyl (C=O) groups is 3. The van der Waals surface area contributed by atoms with E-state index in [1.54, 1.807) is 0 Å². The van der Waals surface area contributed by atoms with Crippen LogP contribution in [0.3, 0.4) is 0 Å². The van der Waals surface area contributed by atoms with E-state index >= 15 is 0 Å². The molecular formula is C11H12N2O5. The van der Waals surface area contributed by atoms with Crippen molar-refractivity contribution in [2.45, 2.75) is 13.0 Å². The smallest absolute Gasteiger partial charge is 0.358 e. The lowest BCUT2D eigenvalue weighted by Gasteiger charge is -2.19. The standard InChI is InChI=1S/C11H12N2O5/c1-17-10(15)6-3-4-13-8(9(6)14)5-7(12-13)11(16)18-2/h5-6H,3-4H2,1-2H3. The van der Waals surface area contributed by atoms with Crippen molar-refractivity contribution in [3.05, 3.63) is 17.5 Å². The quantitative estimate of drug-likeness (QED) is 0.545. The van der Waals surface area contributed by atoms with Crippen molar-refractivity contribution in [1.29, 1.82) is 0 Å². The third-order valence-corrected chi connectivity index (χ3v) is 2.86. The number of aryl methyl sites for hydroxylation is 1. The summed E-state index contributed by atoms with van der Waals surface area (Å²) in [5.41, 5.74) is 0.295. The number of hydrogen-bond donors (Lipinski definition) is 0. The fraction of sp³-hybridized carbons (Fsp3) is 0.455. The molecule has 0 aliphatic carbocycles. The second-order valence-electron chi connectivity index (χ2n) is 3.86. The molecule has 1 unspecified atom stereocenters. The van der Waals surface area contributed by atoms with Crippen LogP contribution in [-0.4, -0.2) is 41.7 Å². The zero-order valence-electron chi connectivity index (χ0n) is 10.0. The van der Waals surface area contributed by atoms with Crippen LogP contribution in [0.1, 0.15) is 27.4 Å². The molecule has 1 aromatic rings. The first kappa shape index (κ1) is 12.3. The van der Waals surface area contributed by atoms with Gasteiger partial charge in [0.05, 0.1) is 14.2 Å². The summed E-state index contributed by atoms with van der Waals surface area (Å²) in [6.07, 6.45) is 0.320. The monoisotopic (exact) mass is 252 g/mol. The predicted molar refractivity (Wildman–Crippen MR) is 58.0 cm³/mol. The Balaban J connectivity index is 2.32. The molecule has 1 aliphatic heterocycles. The number of esters is 2. The Morgan fingerprint density at radius 2 is 2.11 bits per heavy atom. The van der Waals surface area contributed by atoms with Crippen LogP contribution in [-0.2, 0) is 20.8 Å². The van der Waals surface area contributed by atoms with Gasteiger partial charge in [-0.3, -0.25) is 14.3 Å². The van der Waals surface area contributed by atoms with Gasteiger partial charge >= 0.3 is 11.9 Å². The highest BCUT2D eigenvalue weighted by Gasteiger charge is 2.35. The summed E-state index contributed by atoms with van der Waals surface area (Å²) in [6, 6.07) is 1.34. The number of carbonyl (C=O) groups excluding carboxylic acids is 3. The molecule has 1 atom stereocenters. The van der Waals surface area contributed by atoms with Gasteiger partial charge in [0.15, 0.2) is 11.5 Å². The largest absolute Gasteiger partial charge is 0.468 e. The first-order chi connectivity index (χ1) is 8.58. The lowest BCUT2D eigenvalue weighted by Crippen LogP contribution is -2.33. The number of ether oxygens (including phenoxy) is 2. The van der Waals surface area contributed by atoms with Gasteiger partial charge in [0, 0.05) is 12.6 Å². The van der Waals surface area contributed by atoms with Gasteiger partial charge in [0.25, 0.3) is 0 Å². The van der Waals surface area contributed by atoms with Gasteiger partial charge in [0.2, 0.25) is 0 Å². The second kappa shape index (κ2) is 4.59. The third-order valence-electron chi connectivity index (χ3n) is 2.86. The molecule has 1 aliphatic rings. The Kier molecular flexibility index (Phi) is 3.14. The summed E-state index contributed by atoms with van der Waals surface area (Å²) >= 11 is 0. The molecule has 0 saturated carbocycles. The summed E-state index contributed by atoms with van der Waals surface area (Å²) in [4.78, 5) is 34.8. The van der Waals surface area contributed by atoms with Crippen molar-refractivity contribution >= 4 is 17.7 Å². The van der Waals surface area contributed by atoms with Gasteiger partial charge in [-0.1, -0.05) is 0 Å². The van der Waals surface area contributed by atoms with Crippen LogP contribution in [0, 0.1) is 5.92 Å². The summed E-state index contributed by atoms with van der Waals surface area (Å²) in [6.45, 7) is 0.387. The Morgan fingerprint density at radius 3 is 2.72 bits per heavy atom. The van der Waals surface area contributed by atoms with E-state index in [2.05, 4.69) is 14.6 Å². The third kappa shape index (κ3) is 1.87. The van der Waals surface area contributed by atoms with E-state index < -0.39 is 17.9 Å². The molecule has 7 heteroatoms. The number of ketones is 1. The molecule has 0 radical (unpaired) electrons. The summed E-state index contributed by atoms with van der Waals surface area (Å²) in [5, 5.41) is 3.96. The molecule has 7 nitrogen and oxygen atoms in total. The van der Waals surface area contributed by atoms with Crippen molar-refractivity contribution in [3.8, 4) is 0 Å². The Labute approximate surface area is 103 Å². The zero-order chi connectivity index (χ0) is 13.3. The summed E-state index contributed by atoms with van der Waals surface area (Å²) < 4.78 is 10.5. The van der Waals surface area contributed by atoms with Gasteiger partial charge in [-0.25, -0.2) is 4.79 Å². The molecule has 96 valence electrons. The second-order valence-corrected chi connectivity index (χ2v) is 3.86. The maximum absolute atomic E-state index is 12.0. The number of Topliss-reactive ketones (excluding diaryl/α,β-unsaturated/α-hetero) is 1. The maximum atomic E-state index is 12.0. The van der Waals surface area contributed by atoms with Crippen molar-refractivity contribution in [1.82, 2.24) is 9.78 Å². The summed E-state index contributed by atoms with van der Waals surface area (Å²) in [7, 11) is 2.47. The molecule has 0 saturated heterocycles. The molecule has 0 bridgehead atoms. The Hall–Kier alpha value is -2.18. The molecule has 0 amide bonds. The fourth-order valence-corrected chi connectivity index (χ4v) is 1.92. The van der Waals surface area contributed by atoms with E-state index in [1.807, 2.05) is 0 Å². The predicted octanol–water partition coefficient (Wildman–Crippen LogP) is 0.0453. The highest BCUT2D eigenvalue weighted by Crippen LogP contribution is 2.22. The number of aromatic nitrogens is 2. The average Bonchev–Trinajstić information content (AvgIpc) is 2.82. The molecule has 0 N–H and O–H groups in total. The maximum Gasteiger partial charge on any atom is 0.358 e. The number of methoxy groups -OCH3 is 2. The molecule has 0 fully saturated rings. The van der Waals surface area contributed by atoms with Gasteiger partial charge in [-0.15, -0.1) is 0 Å². The van der Waals surface area contributed by atoms with E-state index in [1.165, 1.54) is 25.0 Å². The molecule has 2 rings (SSSR count). The van der Waals surface area contributed by atoms with E-state index in [-0.39, 0.29) is 17.2 Å². The highest BCUT2D eigenvalue weighted by molar-refractivity contribution is 6.09. The molecule has 1 aromatic heterocycles. The SMILES string of the molecule is COC(=O)c1cc2n(n1)CCC(C(=O)OC)C2=O. The number of hydrogen-bond acceptors (Lipinski definition) is 6. The van der Waals surface area contributed by atoms with Crippen molar-refractivity contribution in [2.75, 3.05) is 14.2 Å². The van der Waals surface area contributed by atoms with E-state index in [4.69, 9.17) is 0 Å². The van der Waals surface area contributed by atoms with E-state index in [0.717, 1.165) is 0 Å². The highest BCUT2D eigenvalue weighted by atomic mass is 16.5. The van der Waals surface area contributed by atoms with Crippen LogP contribution in [0.4, 0.5) is 0 Å². The first-order valence-electron chi connectivity index (χ1n) is 5.36. The van der Waals surface area contributed by atoms with Gasteiger partial charge in [-0.05, 0) is 6.42 Å². The van der Waals surface area contributed by atoms with Crippen LogP contribution in [0.5, 0.6) is 0 Å². The molecule has 2 heterocycles.